The van der Waals surface area contributed by atoms with Crippen LogP contribution in [0.15, 0.2) is 22.7 Å². The van der Waals surface area contributed by atoms with Crippen molar-refractivity contribution in [1.29, 1.82) is 0 Å². The van der Waals surface area contributed by atoms with Crippen LogP contribution < -0.4 is 5.32 Å². The Hall–Kier alpha value is -1.11. The van der Waals surface area contributed by atoms with E-state index in [1.807, 2.05) is 0 Å². The zero-order chi connectivity index (χ0) is 13.7. The van der Waals surface area contributed by atoms with Gasteiger partial charge in [0, 0.05) is 10.0 Å². The second-order valence-electron chi connectivity index (χ2n) is 3.38. The predicted octanol–water partition coefficient (Wildman–Crippen LogP) is 1.37. The highest BCUT2D eigenvalue weighted by Crippen LogP contribution is 2.23. The Balaban J connectivity index is 2.60. The van der Waals surface area contributed by atoms with Gasteiger partial charge in [0.2, 0.25) is 0 Å². The summed E-state index contributed by atoms with van der Waals surface area (Å²) in [5.74, 6) is -1.22. The van der Waals surface area contributed by atoms with Crippen LogP contribution in [-0.2, 0) is 9.53 Å². The molecule has 1 rings (SSSR count). The summed E-state index contributed by atoms with van der Waals surface area (Å²) in [4.78, 5) is 22.6. The number of nitrogens with one attached hydrogen (secondary N) is 1. The molecule has 2 N–H and O–H groups in total. The minimum absolute atomic E-state index is 0.217. The zero-order valence-electron chi connectivity index (χ0n) is 9.44. The molecule has 1 aromatic carbocycles. The molecule has 0 saturated carbocycles. The smallest absolute Gasteiger partial charge is 0.336 e. The van der Waals surface area contributed by atoms with Gasteiger partial charge in [-0.2, -0.15) is 0 Å². The summed E-state index contributed by atoms with van der Waals surface area (Å²) in [7, 11) is 1.16. The SMILES string of the molecule is COC(=O)C(O)CNC(=O)c1ccc(Cl)c(Br)c1. The summed E-state index contributed by atoms with van der Waals surface area (Å²) in [5.41, 5.74) is 0.364. The van der Waals surface area contributed by atoms with Gasteiger partial charge in [0.1, 0.15) is 0 Å². The summed E-state index contributed by atoms with van der Waals surface area (Å²) in [5, 5.41) is 12.2. The molecule has 0 aliphatic carbocycles. The Bertz CT molecular complexity index is 466. The molecule has 98 valence electrons. The molecule has 0 aliphatic heterocycles. The number of hydrogen-bond donors (Lipinski definition) is 2. The fraction of sp³-hybridized carbons (Fsp3) is 0.273. The largest absolute Gasteiger partial charge is 0.467 e. The first kappa shape index (κ1) is 14.9. The molecule has 0 aliphatic rings. The molecule has 1 atom stereocenters. The zero-order valence-corrected chi connectivity index (χ0v) is 11.8. The molecule has 1 amide bonds. The van der Waals surface area contributed by atoms with Crippen molar-refractivity contribution in [3.05, 3.63) is 33.3 Å². The number of amides is 1. The summed E-state index contributed by atoms with van der Waals surface area (Å²) in [6, 6.07) is 4.65. The number of esters is 1. The van der Waals surface area contributed by atoms with E-state index in [0.29, 0.717) is 15.1 Å². The summed E-state index contributed by atoms with van der Waals surface area (Å²) >= 11 is 8.99. The first-order valence-corrected chi connectivity index (χ1v) is 6.12. The summed E-state index contributed by atoms with van der Waals surface area (Å²) in [6.07, 6.45) is -1.38. The van der Waals surface area contributed by atoms with Gasteiger partial charge in [-0.1, -0.05) is 11.6 Å². The van der Waals surface area contributed by atoms with Crippen molar-refractivity contribution in [2.24, 2.45) is 0 Å². The van der Waals surface area contributed by atoms with Crippen LogP contribution in [0.2, 0.25) is 5.02 Å². The molecule has 5 nitrogen and oxygen atoms in total. The molecule has 1 unspecified atom stereocenters. The van der Waals surface area contributed by atoms with E-state index in [2.05, 4.69) is 26.0 Å². The van der Waals surface area contributed by atoms with Crippen LogP contribution in [0.1, 0.15) is 10.4 Å². The van der Waals surface area contributed by atoms with Gasteiger partial charge in [-0.15, -0.1) is 0 Å². The molecule has 1 aromatic rings. The lowest BCUT2D eigenvalue weighted by Gasteiger charge is -2.10. The van der Waals surface area contributed by atoms with Gasteiger partial charge in [0.25, 0.3) is 5.91 Å². The number of carbonyl (C=O) groups excluding carboxylic acids is 2. The monoisotopic (exact) mass is 335 g/mol. The van der Waals surface area contributed by atoms with Gasteiger partial charge >= 0.3 is 5.97 Å². The fourth-order valence-corrected chi connectivity index (χ4v) is 1.64. The van der Waals surface area contributed by atoms with E-state index in [1.54, 1.807) is 12.1 Å². The molecular weight excluding hydrogens is 325 g/mol. The van der Waals surface area contributed by atoms with Crippen LogP contribution in [-0.4, -0.2) is 36.7 Å². The molecule has 7 heteroatoms. The van der Waals surface area contributed by atoms with Crippen molar-refractivity contribution in [1.82, 2.24) is 5.32 Å². The Morgan fingerprint density at radius 1 is 1.56 bits per heavy atom. The Morgan fingerprint density at radius 2 is 2.22 bits per heavy atom. The number of halogens is 2. The van der Waals surface area contributed by atoms with Crippen LogP contribution in [0, 0.1) is 0 Å². The quantitative estimate of drug-likeness (QED) is 0.814. The van der Waals surface area contributed by atoms with Gasteiger partial charge in [0.05, 0.1) is 18.7 Å². The van der Waals surface area contributed by atoms with Crippen LogP contribution >= 0.6 is 27.5 Å². The number of benzene rings is 1. The number of aliphatic hydroxyl groups excluding tert-OH is 1. The minimum atomic E-state index is -1.38. The number of methoxy groups -OCH3 is 1. The summed E-state index contributed by atoms with van der Waals surface area (Å²) in [6.45, 7) is -0.217. The van der Waals surface area contributed by atoms with Crippen molar-refractivity contribution in [2.75, 3.05) is 13.7 Å². The van der Waals surface area contributed by atoms with Gasteiger partial charge in [-0.05, 0) is 34.1 Å². The van der Waals surface area contributed by atoms with Gasteiger partial charge in [0.15, 0.2) is 6.10 Å². The van der Waals surface area contributed by atoms with Gasteiger partial charge in [-0.3, -0.25) is 4.79 Å². The number of ether oxygens (including phenoxy) is 1. The molecular formula is C11H11BrClNO4. The first-order chi connectivity index (χ1) is 8.45. The van der Waals surface area contributed by atoms with E-state index in [1.165, 1.54) is 6.07 Å². The highest BCUT2D eigenvalue weighted by Gasteiger charge is 2.16. The number of rotatable bonds is 4. The third kappa shape index (κ3) is 3.97. The molecule has 0 radical (unpaired) electrons. The summed E-state index contributed by atoms with van der Waals surface area (Å²) < 4.78 is 4.91. The predicted molar refractivity (Wildman–Crippen MR) is 69.5 cm³/mol. The van der Waals surface area contributed by atoms with E-state index in [4.69, 9.17) is 11.6 Å². The van der Waals surface area contributed by atoms with Crippen LogP contribution in [0.25, 0.3) is 0 Å². The van der Waals surface area contributed by atoms with Crippen LogP contribution in [0.5, 0.6) is 0 Å². The highest BCUT2D eigenvalue weighted by atomic mass is 79.9. The maximum atomic E-state index is 11.7. The standard InChI is InChI=1S/C11H11BrClNO4/c1-18-11(17)9(15)5-14-10(16)6-2-3-8(13)7(12)4-6/h2-4,9,15H,5H2,1H3,(H,14,16). The number of aliphatic hydroxyl groups is 1. The lowest BCUT2D eigenvalue weighted by molar-refractivity contribution is -0.149. The van der Waals surface area contributed by atoms with Crippen molar-refractivity contribution in [3.8, 4) is 0 Å². The minimum Gasteiger partial charge on any atom is -0.467 e. The third-order valence-corrected chi connectivity index (χ3v) is 3.32. The fourth-order valence-electron chi connectivity index (χ4n) is 1.15. The Kier molecular flexibility index (Phi) is 5.58. The van der Waals surface area contributed by atoms with E-state index in [-0.39, 0.29) is 6.54 Å². The van der Waals surface area contributed by atoms with Crippen LogP contribution in [0.4, 0.5) is 0 Å². The van der Waals surface area contributed by atoms with Gasteiger partial charge < -0.3 is 15.2 Å². The highest BCUT2D eigenvalue weighted by molar-refractivity contribution is 9.10. The van der Waals surface area contributed by atoms with E-state index in [0.717, 1.165) is 7.11 Å². The Labute approximate surface area is 117 Å². The van der Waals surface area contributed by atoms with E-state index in [9.17, 15) is 14.7 Å². The maximum absolute atomic E-state index is 11.7. The van der Waals surface area contributed by atoms with Crippen LogP contribution in [0.3, 0.4) is 0 Å². The van der Waals surface area contributed by atoms with Crippen molar-refractivity contribution < 1.29 is 19.4 Å². The average Bonchev–Trinajstić information content (AvgIpc) is 2.37. The molecule has 0 fully saturated rings. The maximum Gasteiger partial charge on any atom is 0.336 e. The second kappa shape index (κ2) is 6.72. The normalized spacial score (nSPS) is 11.8. The molecule has 0 aromatic heterocycles. The lowest BCUT2D eigenvalue weighted by atomic mass is 10.2. The van der Waals surface area contributed by atoms with Crippen molar-refractivity contribution in [2.45, 2.75) is 6.10 Å². The molecule has 0 bridgehead atoms. The number of carbonyl (C=O) groups is 2. The topological polar surface area (TPSA) is 75.6 Å². The first-order valence-electron chi connectivity index (χ1n) is 4.95. The lowest BCUT2D eigenvalue weighted by Crippen LogP contribution is -2.37. The second-order valence-corrected chi connectivity index (χ2v) is 4.64. The third-order valence-electron chi connectivity index (χ3n) is 2.11. The van der Waals surface area contributed by atoms with E-state index >= 15 is 0 Å². The number of hydrogen-bond acceptors (Lipinski definition) is 4. The molecule has 0 saturated heterocycles. The van der Waals surface area contributed by atoms with Gasteiger partial charge in [-0.25, -0.2) is 4.79 Å². The Morgan fingerprint density at radius 3 is 2.78 bits per heavy atom. The molecule has 0 heterocycles. The molecule has 0 spiro atoms. The van der Waals surface area contributed by atoms with Crippen molar-refractivity contribution >= 4 is 39.4 Å². The molecule has 18 heavy (non-hydrogen) atoms. The van der Waals surface area contributed by atoms with E-state index < -0.39 is 18.0 Å². The van der Waals surface area contributed by atoms with Crippen molar-refractivity contribution in [3.63, 3.8) is 0 Å². The average molecular weight is 337 g/mol.